The molecule has 0 amide bonds. The topological polar surface area (TPSA) is 43.6 Å². The molecule has 0 fully saturated rings. The smallest absolute Gasteiger partial charge is 0.189 e. The number of hydrogen-bond acceptors (Lipinski definition) is 4. The van der Waals surface area contributed by atoms with Gasteiger partial charge >= 0.3 is 0 Å². The lowest BCUT2D eigenvalue weighted by atomic mass is 10.7. The van der Waals surface area contributed by atoms with E-state index in [1.54, 1.807) is 36.4 Å². The van der Waals surface area contributed by atoms with Crippen molar-refractivity contribution in [3.8, 4) is 0 Å². The molecule has 2 aromatic heterocycles. The second-order valence-electron chi connectivity index (χ2n) is 2.35. The van der Waals surface area contributed by atoms with Gasteiger partial charge < -0.3 is 0 Å². The van der Waals surface area contributed by atoms with E-state index in [0.717, 1.165) is 11.0 Å². The summed E-state index contributed by atoms with van der Waals surface area (Å²) in [6.07, 6.45) is 7.14. The fraction of sp³-hybridized carbons (Fsp3) is 0.125. The van der Waals surface area contributed by atoms with Gasteiger partial charge in [-0.15, -0.1) is 0 Å². The first-order valence-corrected chi connectivity index (χ1v) is 4.81. The molecule has 5 heteroatoms. The van der Waals surface area contributed by atoms with Crippen LogP contribution in [0.3, 0.4) is 0 Å². The molecule has 2 rings (SSSR count). The number of nitrogens with zero attached hydrogens (tertiary/aromatic N) is 4. The van der Waals surface area contributed by atoms with E-state index in [9.17, 15) is 0 Å². The van der Waals surface area contributed by atoms with Crippen molar-refractivity contribution in [2.75, 3.05) is 0 Å². The highest BCUT2D eigenvalue weighted by atomic mass is 32.2. The van der Waals surface area contributed by atoms with Crippen molar-refractivity contribution in [2.45, 2.75) is 11.0 Å². The third-order valence-electron chi connectivity index (χ3n) is 1.43. The summed E-state index contributed by atoms with van der Waals surface area (Å²) in [4.78, 5) is 8.18. The molecule has 4 nitrogen and oxygen atoms in total. The molecule has 2 heterocycles. The Morgan fingerprint density at radius 2 is 2.00 bits per heavy atom. The molecule has 0 spiro atoms. The van der Waals surface area contributed by atoms with Gasteiger partial charge in [-0.25, -0.2) is 9.97 Å². The molecule has 0 saturated carbocycles. The maximum Gasteiger partial charge on any atom is 0.189 e. The quantitative estimate of drug-likeness (QED) is 0.545. The Kier molecular flexibility index (Phi) is 2.56. The van der Waals surface area contributed by atoms with Crippen LogP contribution in [-0.2, 0) is 5.88 Å². The largest absolute Gasteiger partial charge is 0.262 e. The highest BCUT2D eigenvalue weighted by Crippen LogP contribution is 2.12. The summed E-state index contributed by atoms with van der Waals surface area (Å²) in [6, 6.07) is 3.70. The van der Waals surface area contributed by atoms with E-state index in [1.807, 2.05) is 16.9 Å². The van der Waals surface area contributed by atoms with Gasteiger partial charge in [-0.05, 0) is 12.1 Å². The second kappa shape index (κ2) is 4.04. The number of aromatic nitrogens is 4. The molecule has 0 aromatic carbocycles. The van der Waals surface area contributed by atoms with Crippen LogP contribution in [-0.4, -0.2) is 19.7 Å². The van der Waals surface area contributed by atoms with Gasteiger partial charge in [0.1, 0.15) is 0 Å². The zero-order valence-corrected chi connectivity index (χ0v) is 7.68. The fourth-order valence-corrected chi connectivity index (χ4v) is 1.53. The van der Waals surface area contributed by atoms with Crippen LogP contribution in [0.25, 0.3) is 0 Å². The van der Waals surface area contributed by atoms with E-state index in [4.69, 9.17) is 0 Å². The van der Waals surface area contributed by atoms with E-state index < -0.39 is 0 Å². The Morgan fingerprint density at radius 1 is 1.15 bits per heavy atom. The summed E-state index contributed by atoms with van der Waals surface area (Å²) in [5, 5.41) is 4.85. The SMILES string of the molecule is c1cnc(SCn2cccn2)nc1. The lowest BCUT2D eigenvalue weighted by Gasteiger charge is -1.98. The van der Waals surface area contributed by atoms with E-state index in [1.165, 1.54) is 0 Å². The molecule has 0 radical (unpaired) electrons. The molecule has 0 aliphatic rings. The van der Waals surface area contributed by atoms with Crippen LogP contribution < -0.4 is 0 Å². The highest BCUT2D eigenvalue weighted by molar-refractivity contribution is 7.98. The molecule has 0 aliphatic heterocycles. The Hall–Kier alpha value is -1.36. The van der Waals surface area contributed by atoms with Crippen molar-refractivity contribution >= 4 is 11.8 Å². The van der Waals surface area contributed by atoms with Crippen molar-refractivity contribution in [1.82, 2.24) is 19.7 Å². The maximum absolute atomic E-state index is 4.09. The minimum Gasteiger partial charge on any atom is -0.262 e. The first-order valence-electron chi connectivity index (χ1n) is 3.82. The molecular weight excluding hydrogens is 184 g/mol. The van der Waals surface area contributed by atoms with E-state index in [2.05, 4.69) is 15.1 Å². The van der Waals surface area contributed by atoms with Crippen molar-refractivity contribution in [2.24, 2.45) is 0 Å². The van der Waals surface area contributed by atoms with Crippen LogP contribution >= 0.6 is 11.8 Å². The van der Waals surface area contributed by atoms with Gasteiger partial charge in [-0.3, -0.25) is 4.68 Å². The molecule has 2 aromatic rings. The maximum atomic E-state index is 4.09. The number of thioether (sulfide) groups is 1. The van der Waals surface area contributed by atoms with Crippen LogP contribution in [0.4, 0.5) is 0 Å². The van der Waals surface area contributed by atoms with E-state index in [0.29, 0.717) is 0 Å². The molecule has 0 atom stereocenters. The average Bonchev–Trinajstić information content (AvgIpc) is 2.69. The summed E-state index contributed by atoms with van der Waals surface area (Å²) < 4.78 is 1.83. The predicted octanol–water partition coefficient (Wildman–Crippen LogP) is 1.42. The third-order valence-corrected chi connectivity index (χ3v) is 2.29. The summed E-state index contributed by atoms with van der Waals surface area (Å²) >= 11 is 1.56. The van der Waals surface area contributed by atoms with Gasteiger partial charge in [0.2, 0.25) is 0 Å². The average molecular weight is 192 g/mol. The summed E-state index contributed by atoms with van der Waals surface area (Å²) in [5.74, 6) is 0.747. The van der Waals surface area contributed by atoms with Gasteiger partial charge in [0.15, 0.2) is 5.16 Å². The second-order valence-corrected chi connectivity index (χ2v) is 3.26. The van der Waals surface area contributed by atoms with Crippen molar-refractivity contribution in [1.29, 1.82) is 0 Å². The van der Waals surface area contributed by atoms with Gasteiger partial charge in [-0.2, -0.15) is 5.10 Å². The standard InChI is InChI=1S/C8H8N4S/c1-3-9-8(10-4-1)13-7-12-6-2-5-11-12/h1-6H,7H2. The van der Waals surface area contributed by atoms with Gasteiger partial charge in [-0.1, -0.05) is 11.8 Å². The van der Waals surface area contributed by atoms with Gasteiger partial charge in [0.05, 0.1) is 5.88 Å². The number of hydrogen-bond donors (Lipinski definition) is 0. The van der Waals surface area contributed by atoms with E-state index >= 15 is 0 Å². The molecular formula is C8H8N4S. The Morgan fingerprint density at radius 3 is 2.69 bits per heavy atom. The van der Waals surface area contributed by atoms with Crippen LogP contribution in [0.2, 0.25) is 0 Å². The fourth-order valence-electron chi connectivity index (χ4n) is 0.861. The molecule has 0 N–H and O–H groups in total. The third kappa shape index (κ3) is 2.29. The minimum atomic E-state index is 0.747. The van der Waals surface area contributed by atoms with E-state index in [-0.39, 0.29) is 0 Å². The Labute approximate surface area is 80.0 Å². The van der Waals surface area contributed by atoms with Crippen LogP contribution in [0.15, 0.2) is 42.1 Å². The zero-order valence-electron chi connectivity index (χ0n) is 6.87. The lowest BCUT2D eigenvalue weighted by Crippen LogP contribution is -1.95. The minimum absolute atomic E-state index is 0.747. The van der Waals surface area contributed by atoms with Crippen molar-refractivity contribution in [3.05, 3.63) is 36.9 Å². The molecule has 0 bridgehead atoms. The lowest BCUT2D eigenvalue weighted by molar-refractivity contribution is 0.747. The first kappa shape index (κ1) is 8.25. The molecule has 0 aliphatic carbocycles. The summed E-state index contributed by atoms with van der Waals surface area (Å²) in [5.41, 5.74) is 0. The van der Waals surface area contributed by atoms with Crippen LogP contribution in [0.5, 0.6) is 0 Å². The molecule has 0 unspecified atom stereocenters. The zero-order chi connectivity index (χ0) is 8.93. The molecule has 66 valence electrons. The predicted molar refractivity (Wildman–Crippen MR) is 50.1 cm³/mol. The van der Waals surface area contributed by atoms with Crippen molar-refractivity contribution in [3.63, 3.8) is 0 Å². The summed E-state index contributed by atoms with van der Waals surface area (Å²) in [7, 11) is 0. The Balaban J connectivity index is 1.94. The van der Waals surface area contributed by atoms with Gasteiger partial charge in [0, 0.05) is 24.8 Å². The molecule has 13 heavy (non-hydrogen) atoms. The highest BCUT2D eigenvalue weighted by Gasteiger charge is 1.95. The summed E-state index contributed by atoms with van der Waals surface area (Å²) in [6.45, 7) is 0. The molecule has 0 saturated heterocycles. The van der Waals surface area contributed by atoms with Crippen LogP contribution in [0.1, 0.15) is 0 Å². The van der Waals surface area contributed by atoms with Gasteiger partial charge in [0.25, 0.3) is 0 Å². The monoisotopic (exact) mass is 192 g/mol. The normalized spacial score (nSPS) is 10.2. The number of rotatable bonds is 3. The van der Waals surface area contributed by atoms with Crippen LogP contribution in [0, 0.1) is 0 Å². The Bertz CT molecular complexity index is 346. The first-order chi connectivity index (χ1) is 6.45. The van der Waals surface area contributed by atoms with Crippen molar-refractivity contribution < 1.29 is 0 Å².